The van der Waals surface area contributed by atoms with Gasteiger partial charge in [0.2, 0.25) is 0 Å². The van der Waals surface area contributed by atoms with E-state index in [0.717, 1.165) is 12.2 Å². The van der Waals surface area contributed by atoms with E-state index in [9.17, 15) is 0 Å². The molecule has 0 amide bonds. The Bertz CT molecular complexity index is 554. The normalized spacial score (nSPS) is 24.4. The number of nitrogens with zero attached hydrogens (tertiary/aromatic N) is 1. The van der Waals surface area contributed by atoms with Crippen LogP contribution in [0.2, 0.25) is 0 Å². The molecular formula is C15H18N2. The van der Waals surface area contributed by atoms with Crippen LogP contribution in [0.3, 0.4) is 0 Å². The van der Waals surface area contributed by atoms with E-state index in [1.165, 1.54) is 29.2 Å². The van der Waals surface area contributed by atoms with E-state index in [2.05, 4.69) is 48.4 Å². The van der Waals surface area contributed by atoms with Crippen molar-refractivity contribution in [1.29, 1.82) is 0 Å². The molecule has 0 radical (unpaired) electrons. The molecule has 1 aromatic carbocycles. The Kier molecular flexibility index (Phi) is 2.40. The van der Waals surface area contributed by atoms with E-state index < -0.39 is 0 Å². The summed E-state index contributed by atoms with van der Waals surface area (Å²) in [6, 6.07) is 8.86. The first-order valence-corrected chi connectivity index (χ1v) is 6.30. The largest absolute Gasteiger partial charge is 0.308 e. The number of benzene rings is 1. The predicted molar refractivity (Wildman–Crippen MR) is 71.1 cm³/mol. The van der Waals surface area contributed by atoms with Crippen molar-refractivity contribution >= 4 is 10.8 Å². The van der Waals surface area contributed by atoms with E-state index >= 15 is 0 Å². The summed E-state index contributed by atoms with van der Waals surface area (Å²) in [5.74, 6) is 0. The summed E-state index contributed by atoms with van der Waals surface area (Å²) < 4.78 is 0. The highest BCUT2D eigenvalue weighted by Crippen LogP contribution is 2.32. The lowest BCUT2D eigenvalue weighted by atomic mass is 9.89. The molecule has 2 nitrogen and oxygen atoms in total. The zero-order valence-electron chi connectivity index (χ0n) is 10.5. The van der Waals surface area contributed by atoms with Crippen molar-refractivity contribution < 1.29 is 0 Å². The molecule has 2 heteroatoms. The van der Waals surface area contributed by atoms with Gasteiger partial charge in [-0.3, -0.25) is 4.98 Å². The third-order valence-electron chi connectivity index (χ3n) is 3.97. The minimum atomic E-state index is 0.158. The molecule has 2 aromatic rings. The fourth-order valence-electron chi connectivity index (χ4n) is 2.81. The zero-order valence-corrected chi connectivity index (χ0v) is 10.5. The molecule has 1 fully saturated rings. The molecule has 1 aromatic heterocycles. The van der Waals surface area contributed by atoms with Crippen molar-refractivity contribution in [2.75, 3.05) is 6.54 Å². The molecule has 1 atom stereocenters. The minimum absolute atomic E-state index is 0.158. The van der Waals surface area contributed by atoms with Gasteiger partial charge >= 0.3 is 0 Å². The topological polar surface area (TPSA) is 24.9 Å². The van der Waals surface area contributed by atoms with Gasteiger partial charge in [-0.2, -0.15) is 0 Å². The van der Waals surface area contributed by atoms with E-state index in [-0.39, 0.29) is 5.54 Å². The van der Waals surface area contributed by atoms with Crippen LogP contribution in [0, 0.1) is 6.92 Å². The fourth-order valence-corrected chi connectivity index (χ4v) is 2.81. The van der Waals surface area contributed by atoms with Crippen molar-refractivity contribution in [3.63, 3.8) is 0 Å². The molecule has 1 aliphatic rings. The number of nitrogens with one attached hydrogen (secondary N) is 1. The first-order valence-electron chi connectivity index (χ1n) is 6.30. The molecule has 1 saturated heterocycles. The van der Waals surface area contributed by atoms with Crippen LogP contribution in [0.25, 0.3) is 10.8 Å². The van der Waals surface area contributed by atoms with Gasteiger partial charge in [0.1, 0.15) is 0 Å². The monoisotopic (exact) mass is 226 g/mol. The maximum atomic E-state index is 4.34. The van der Waals surface area contributed by atoms with Crippen molar-refractivity contribution in [2.45, 2.75) is 32.2 Å². The van der Waals surface area contributed by atoms with Crippen molar-refractivity contribution in [3.05, 3.63) is 41.7 Å². The lowest BCUT2D eigenvalue weighted by molar-refractivity contribution is 0.435. The summed E-state index contributed by atoms with van der Waals surface area (Å²) in [4.78, 5) is 4.34. The minimum Gasteiger partial charge on any atom is -0.308 e. The second-order valence-corrected chi connectivity index (χ2v) is 5.19. The Morgan fingerprint density at radius 2 is 2.18 bits per heavy atom. The smallest absolute Gasteiger partial charge is 0.0450 e. The van der Waals surface area contributed by atoms with E-state index in [1.54, 1.807) is 0 Å². The number of pyridine rings is 1. The molecule has 0 saturated carbocycles. The van der Waals surface area contributed by atoms with Crippen LogP contribution in [0.4, 0.5) is 0 Å². The number of aryl methyl sites for hydroxylation is 1. The Morgan fingerprint density at radius 1 is 1.29 bits per heavy atom. The molecule has 0 aliphatic carbocycles. The predicted octanol–water partition coefficient (Wildman–Crippen LogP) is 3.14. The van der Waals surface area contributed by atoms with Crippen LogP contribution >= 0.6 is 0 Å². The van der Waals surface area contributed by atoms with Crippen LogP contribution in [0.15, 0.2) is 30.5 Å². The van der Waals surface area contributed by atoms with Gasteiger partial charge in [-0.1, -0.05) is 12.1 Å². The Balaban J connectivity index is 2.14. The van der Waals surface area contributed by atoms with E-state index in [4.69, 9.17) is 0 Å². The van der Waals surface area contributed by atoms with Gasteiger partial charge in [-0.15, -0.1) is 0 Å². The zero-order chi connectivity index (χ0) is 11.9. The van der Waals surface area contributed by atoms with Crippen molar-refractivity contribution in [2.24, 2.45) is 0 Å². The third-order valence-corrected chi connectivity index (χ3v) is 3.97. The van der Waals surface area contributed by atoms with Gasteiger partial charge in [0.25, 0.3) is 0 Å². The maximum Gasteiger partial charge on any atom is 0.0450 e. The summed E-state index contributed by atoms with van der Waals surface area (Å²) in [5.41, 5.74) is 2.66. The highest BCUT2D eigenvalue weighted by molar-refractivity contribution is 5.85. The molecule has 2 heterocycles. The number of rotatable bonds is 1. The lowest BCUT2D eigenvalue weighted by Gasteiger charge is -2.25. The van der Waals surface area contributed by atoms with Crippen LogP contribution in [-0.4, -0.2) is 11.5 Å². The summed E-state index contributed by atoms with van der Waals surface area (Å²) in [6.45, 7) is 5.50. The third kappa shape index (κ3) is 1.73. The Morgan fingerprint density at radius 3 is 2.94 bits per heavy atom. The average molecular weight is 226 g/mol. The number of aromatic nitrogens is 1. The van der Waals surface area contributed by atoms with Gasteiger partial charge in [-0.05, 0) is 56.3 Å². The highest BCUT2D eigenvalue weighted by Gasteiger charge is 2.29. The number of fused-ring (bicyclic) bond motifs is 1. The van der Waals surface area contributed by atoms with Gasteiger partial charge in [0, 0.05) is 22.8 Å². The quantitative estimate of drug-likeness (QED) is 0.808. The molecule has 17 heavy (non-hydrogen) atoms. The standard InChI is InChI=1S/C15H18N2/c1-11-14-5-4-13(10-12(14)6-9-16-11)15(2)7-3-8-17-15/h4-6,9-10,17H,3,7-8H2,1-2H3. The first-order chi connectivity index (χ1) is 8.19. The first kappa shape index (κ1) is 10.7. The van der Waals surface area contributed by atoms with E-state index in [1.807, 2.05) is 6.20 Å². The summed E-state index contributed by atoms with van der Waals surface area (Å²) in [7, 11) is 0. The molecule has 88 valence electrons. The van der Waals surface area contributed by atoms with Crippen LogP contribution < -0.4 is 5.32 Å². The summed E-state index contributed by atoms with van der Waals surface area (Å²) in [6.07, 6.45) is 4.39. The Hall–Kier alpha value is -1.41. The molecule has 1 unspecified atom stereocenters. The molecule has 3 rings (SSSR count). The molecule has 0 bridgehead atoms. The number of hydrogen-bond acceptors (Lipinski definition) is 2. The second kappa shape index (κ2) is 3.81. The summed E-state index contributed by atoms with van der Waals surface area (Å²) >= 11 is 0. The van der Waals surface area contributed by atoms with Crippen molar-refractivity contribution in [1.82, 2.24) is 10.3 Å². The molecular weight excluding hydrogens is 208 g/mol. The van der Waals surface area contributed by atoms with Gasteiger partial charge in [0.05, 0.1) is 0 Å². The van der Waals surface area contributed by atoms with Crippen molar-refractivity contribution in [3.8, 4) is 0 Å². The van der Waals surface area contributed by atoms with Gasteiger partial charge in [-0.25, -0.2) is 0 Å². The van der Waals surface area contributed by atoms with E-state index in [0.29, 0.717) is 0 Å². The molecule has 1 aliphatic heterocycles. The SMILES string of the molecule is Cc1nccc2cc(C3(C)CCCN3)ccc12. The van der Waals surface area contributed by atoms with Gasteiger partial charge < -0.3 is 5.32 Å². The van der Waals surface area contributed by atoms with Crippen LogP contribution in [-0.2, 0) is 5.54 Å². The highest BCUT2D eigenvalue weighted by atomic mass is 15.0. The molecule has 1 N–H and O–H groups in total. The second-order valence-electron chi connectivity index (χ2n) is 5.19. The van der Waals surface area contributed by atoms with Crippen LogP contribution in [0.5, 0.6) is 0 Å². The maximum absolute atomic E-state index is 4.34. The fraction of sp³-hybridized carbons (Fsp3) is 0.400. The lowest BCUT2D eigenvalue weighted by Crippen LogP contribution is -2.32. The molecule has 0 spiro atoms. The summed E-state index contributed by atoms with van der Waals surface area (Å²) in [5, 5.41) is 6.17. The number of hydrogen-bond donors (Lipinski definition) is 1. The van der Waals surface area contributed by atoms with Crippen LogP contribution in [0.1, 0.15) is 31.0 Å². The Labute approximate surface area is 102 Å². The van der Waals surface area contributed by atoms with Gasteiger partial charge in [0.15, 0.2) is 0 Å². The average Bonchev–Trinajstić information content (AvgIpc) is 2.77.